The van der Waals surface area contributed by atoms with Gasteiger partial charge in [-0.15, -0.1) is 0 Å². The van der Waals surface area contributed by atoms with Crippen molar-refractivity contribution in [3.63, 3.8) is 0 Å². The highest BCUT2D eigenvalue weighted by molar-refractivity contribution is 5.59. The summed E-state index contributed by atoms with van der Waals surface area (Å²) in [7, 11) is 0. The highest BCUT2D eigenvalue weighted by Gasteiger charge is 2.18. The number of rotatable bonds is 1. The zero-order valence-electron chi connectivity index (χ0n) is 9.20. The summed E-state index contributed by atoms with van der Waals surface area (Å²) in [5, 5.41) is 12.3. The van der Waals surface area contributed by atoms with Gasteiger partial charge in [-0.1, -0.05) is 0 Å². The van der Waals surface area contributed by atoms with Gasteiger partial charge in [-0.05, 0) is 25.1 Å². The molecule has 1 saturated heterocycles. The average molecular weight is 219 g/mol. The molecule has 1 aromatic rings. The van der Waals surface area contributed by atoms with E-state index in [4.69, 9.17) is 5.26 Å². The molecular formula is C12H14FN3. The Bertz CT molecular complexity index is 425. The van der Waals surface area contributed by atoms with Crippen molar-refractivity contribution in [1.29, 1.82) is 5.26 Å². The minimum atomic E-state index is -0.358. The van der Waals surface area contributed by atoms with Crippen LogP contribution in [0.5, 0.6) is 0 Å². The van der Waals surface area contributed by atoms with Gasteiger partial charge in [-0.2, -0.15) is 5.26 Å². The summed E-state index contributed by atoms with van der Waals surface area (Å²) in [5.41, 5.74) is 1.24. The Morgan fingerprint density at radius 3 is 3.06 bits per heavy atom. The minimum absolute atomic E-state index is 0.358. The first-order chi connectivity index (χ1) is 7.70. The Morgan fingerprint density at radius 2 is 2.38 bits per heavy atom. The molecule has 0 radical (unpaired) electrons. The largest absolute Gasteiger partial charge is 0.368 e. The molecule has 1 fully saturated rings. The Hall–Kier alpha value is -1.60. The highest BCUT2D eigenvalue weighted by Crippen LogP contribution is 2.22. The topological polar surface area (TPSA) is 39.1 Å². The van der Waals surface area contributed by atoms with Gasteiger partial charge in [0.05, 0.1) is 11.3 Å². The molecule has 0 aliphatic carbocycles. The quantitative estimate of drug-likeness (QED) is 0.778. The predicted octanol–water partition coefficient (Wildman–Crippen LogP) is 1.50. The molecule has 1 heterocycles. The number of piperazine rings is 1. The van der Waals surface area contributed by atoms with Crippen LogP contribution >= 0.6 is 0 Å². The van der Waals surface area contributed by atoms with Crippen LogP contribution < -0.4 is 10.2 Å². The second-order valence-electron chi connectivity index (χ2n) is 4.07. The third-order valence-electron chi connectivity index (χ3n) is 2.79. The summed E-state index contributed by atoms with van der Waals surface area (Å²) >= 11 is 0. The fraction of sp³-hybridized carbons (Fsp3) is 0.417. The molecule has 1 aliphatic rings. The smallest absolute Gasteiger partial charge is 0.124 e. The predicted molar refractivity (Wildman–Crippen MR) is 60.8 cm³/mol. The van der Waals surface area contributed by atoms with Crippen LogP contribution in [0.15, 0.2) is 18.2 Å². The maximum absolute atomic E-state index is 13.0. The van der Waals surface area contributed by atoms with Gasteiger partial charge in [-0.25, -0.2) is 4.39 Å². The van der Waals surface area contributed by atoms with E-state index in [-0.39, 0.29) is 5.82 Å². The van der Waals surface area contributed by atoms with Crippen LogP contribution in [-0.4, -0.2) is 25.7 Å². The Labute approximate surface area is 94.5 Å². The number of benzene rings is 1. The van der Waals surface area contributed by atoms with Gasteiger partial charge < -0.3 is 10.2 Å². The number of hydrogen-bond acceptors (Lipinski definition) is 3. The lowest BCUT2D eigenvalue weighted by molar-refractivity contribution is 0.484. The van der Waals surface area contributed by atoms with E-state index in [0.717, 1.165) is 25.3 Å². The molecule has 2 rings (SSSR count). The summed E-state index contributed by atoms with van der Waals surface area (Å²) in [6, 6.07) is 6.83. The van der Waals surface area contributed by atoms with Crippen molar-refractivity contribution in [2.75, 3.05) is 24.5 Å². The monoisotopic (exact) mass is 219 g/mol. The summed E-state index contributed by atoms with van der Waals surface area (Å²) in [4.78, 5) is 2.12. The van der Waals surface area contributed by atoms with Gasteiger partial charge in [0, 0.05) is 25.7 Å². The molecule has 4 heteroatoms. The summed E-state index contributed by atoms with van der Waals surface area (Å²) in [6.45, 7) is 4.69. The maximum atomic E-state index is 13.0. The number of anilines is 1. The lowest BCUT2D eigenvalue weighted by Gasteiger charge is -2.34. The normalized spacial score (nSPS) is 20.6. The molecule has 0 amide bonds. The Morgan fingerprint density at radius 1 is 1.56 bits per heavy atom. The third-order valence-corrected chi connectivity index (χ3v) is 2.79. The van der Waals surface area contributed by atoms with E-state index in [1.807, 2.05) is 6.07 Å². The van der Waals surface area contributed by atoms with Gasteiger partial charge in [0.25, 0.3) is 0 Å². The Balaban J connectivity index is 2.29. The number of hydrogen-bond donors (Lipinski definition) is 1. The van der Waals surface area contributed by atoms with Gasteiger partial charge in [0.2, 0.25) is 0 Å². The van der Waals surface area contributed by atoms with E-state index in [9.17, 15) is 4.39 Å². The van der Waals surface area contributed by atoms with Crippen molar-refractivity contribution >= 4 is 5.69 Å². The van der Waals surface area contributed by atoms with Crippen molar-refractivity contribution in [3.8, 4) is 6.07 Å². The summed E-state index contributed by atoms with van der Waals surface area (Å²) < 4.78 is 13.0. The molecular weight excluding hydrogens is 205 g/mol. The van der Waals surface area contributed by atoms with Crippen molar-refractivity contribution in [2.24, 2.45) is 0 Å². The number of nitriles is 1. The molecule has 16 heavy (non-hydrogen) atoms. The molecule has 1 N–H and O–H groups in total. The number of halogens is 1. The van der Waals surface area contributed by atoms with Gasteiger partial charge in [0.15, 0.2) is 0 Å². The van der Waals surface area contributed by atoms with E-state index in [1.165, 1.54) is 12.1 Å². The molecule has 0 bridgehead atoms. The van der Waals surface area contributed by atoms with Crippen LogP contribution in [0.25, 0.3) is 0 Å². The fourth-order valence-electron chi connectivity index (χ4n) is 2.02. The van der Waals surface area contributed by atoms with Gasteiger partial charge >= 0.3 is 0 Å². The van der Waals surface area contributed by atoms with E-state index in [1.54, 1.807) is 6.07 Å². The average Bonchev–Trinajstić information content (AvgIpc) is 2.28. The second-order valence-corrected chi connectivity index (χ2v) is 4.07. The van der Waals surface area contributed by atoms with E-state index < -0.39 is 0 Å². The summed E-state index contributed by atoms with van der Waals surface area (Å²) in [5.74, 6) is -0.358. The Kier molecular flexibility index (Phi) is 3.07. The van der Waals surface area contributed by atoms with Crippen molar-refractivity contribution < 1.29 is 4.39 Å². The van der Waals surface area contributed by atoms with Crippen LogP contribution in [0, 0.1) is 17.1 Å². The van der Waals surface area contributed by atoms with Gasteiger partial charge in [0.1, 0.15) is 11.9 Å². The van der Waals surface area contributed by atoms with E-state index >= 15 is 0 Å². The first-order valence-corrected chi connectivity index (χ1v) is 5.38. The minimum Gasteiger partial charge on any atom is -0.368 e. The fourth-order valence-corrected chi connectivity index (χ4v) is 2.02. The lowest BCUT2D eigenvalue weighted by atomic mass is 10.1. The van der Waals surface area contributed by atoms with Crippen LogP contribution in [0.4, 0.5) is 10.1 Å². The zero-order valence-corrected chi connectivity index (χ0v) is 9.20. The molecule has 1 aliphatic heterocycles. The molecule has 0 aromatic heterocycles. The zero-order chi connectivity index (χ0) is 11.5. The molecule has 0 spiro atoms. The molecule has 1 aromatic carbocycles. The van der Waals surface area contributed by atoms with E-state index in [0.29, 0.717) is 11.6 Å². The van der Waals surface area contributed by atoms with Crippen molar-refractivity contribution in [1.82, 2.24) is 5.32 Å². The molecule has 3 nitrogen and oxygen atoms in total. The summed E-state index contributed by atoms with van der Waals surface area (Å²) in [6.07, 6.45) is 0. The van der Waals surface area contributed by atoms with Crippen LogP contribution in [-0.2, 0) is 0 Å². The number of nitrogens with zero attached hydrogens (tertiary/aromatic N) is 2. The van der Waals surface area contributed by atoms with Gasteiger partial charge in [-0.3, -0.25) is 0 Å². The van der Waals surface area contributed by atoms with Crippen molar-refractivity contribution in [2.45, 2.75) is 13.0 Å². The first-order valence-electron chi connectivity index (χ1n) is 5.38. The van der Waals surface area contributed by atoms with Crippen LogP contribution in [0.3, 0.4) is 0 Å². The molecule has 1 atom stereocenters. The number of nitrogens with one attached hydrogen (secondary N) is 1. The molecule has 0 saturated carbocycles. The lowest BCUT2D eigenvalue weighted by Crippen LogP contribution is -2.49. The maximum Gasteiger partial charge on any atom is 0.124 e. The standard InChI is InChI=1S/C12H14FN3/c1-9-8-16(5-4-15-9)12-3-2-11(13)6-10(12)7-14/h2-3,6,9,15H,4-5,8H2,1H3/t9-/m1/s1. The van der Waals surface area contributed by atoms with Crippen molar-refractivity contribution in [3.05, 3.63) is 29.6 Å². The van der Waals surface area contributed by atoms with Crippen LogP contribution in [0.2, 0.25) is 0 Å². The molecule has 84 valence electrons. The highest BCUT2D eigenvalue weighted by atomic mass is 19.1. The SMILES string of the molecule is C[C@@H]1CN(c2ccc(F)cc2C#N)CCN1. The van der Waals surface area contributed by atoms with E-state index in [2.05, 4.69) is 17.1 Å². The second kappa shape index (κ2) is 4.50. The molecule has 0 unspecified atom stereocenters. The van der Waals surface area contributed by atoms with Crippen LogP contribution in [0.1, 0.15) is 12.5 Å². The third kappa shape index (κ3) is 2.15. The first kappa shape index (κ1) is 10.9.